The van der Waals surface area contributed by atoms with Crippen LogP contribution in [0.4, 0.5) is 0 Å². The Bertz CT molecular complexity index is 189. The molecule has 0 unspecified atom stereocenters. The first-order valence-corrected chi connectivity index (χ1v) is 3.03. The average molecular weight is 137 g/mol. The van der Waals surface area contributed by atoms with Crippen LogP contribution in [0.5, 0.6) is 5.75 Å². The van der Waals surface area contributed by atoms with E-state index in [4.69, 9.17) is 9.84 Å². The topological polar surface area (TPSA) is 29.5 Å². The first kappa shape index (κ1) is 7.09. The second kappa shape index (κ2) is 3.22. The van der Waals surface area contributed by atoms with Gasteiger partial charge < -0.3 is 9.84 Å². The molecule has 1 rings (SSSR count). The Morgan fingerprint density at radius 1 is 1.60 bits per heavy atom. The van der Waals surface area contributed by atoms with Crippen molar-refractivity contribution in [1.29, 1.82) is 0 Å². The van der Waals surface area contributed by atoms with Crippen molar-refractivity contribution in [1.82, 2.24) is 0 Å². The van der Waals surface area contributed by atoms with E-state index in [9.17, 15) is 0 Å². The molecule has 0 bridgehead atoms. The highest BCUT2D eigenvalue weighted by Gasteiger charge is 1.92. The Balaban J connectivity index is 2.87. The molecule has 0 spiro atoms. The monoisotopic (exact) mass is 137 g/mol. The number of hydrogen-bond donors (Lipinski definition) is 1. The molecule has 0 aliphatic rings. The van der Waals surface area contributed by atoms with Crippen LogP contribution in [0.1, 0.15) is 5.56 Å². The maximum Gasteiger partial charge on any atom is 0.127 e. The molecule has 0 fully saturated rings. The molecule has 0 aliphatic heterocycles. The summed E-state index contributed by atoms with van der Waals surface area (Å²) in [4.78, 5) is 0. The van der Waals surface area contributed by atoms with Gasteiger partial charge in [-0.3, -0.25) is 0 Å². The van der Waals surface area contributed by atoms with Gasteiger partial charge in [0.05, 0.1) is 13.7 Å². The predicted molar refractivity (Wildman–Crippen MR) is 37.8 cm³/mol. The molecule has 10 heavy (non-hydrogen) atoms. The minimum atomic E-state index is 0.0111. The molecular formula is C8H9O2. The van der Waals surface area contributed by atoms with E-state index in [0.29, 0.717) is 5.75 Å². The van der Waals surface area contributed by atoms with Crippen LogP contribution in [0.15, 0.2) is 18.2 Å². The number of rotatable bonds is 2. The van der Waals surface area contributed by atoms with E-state index in [2.05, 4.69) is 6.07 Å². The summed E-state index contributed by atoms with van der Waals surface area (Å²) in [5.41, 5.74) is 0.749. The maximum atomic E-state index is 8.67. The number of benzene rings is 1. The summed E-state index contributed by atoms with van der Waals surface area (Å²) in [6.07, 6.45) is 0. The van der Waals surface area contributed by atoms with Crippen molar-refractivity contribution >= 4 is 0 Å². The van der Waals surface area contributed by atoms with Crippen molar-refractivity contribution in [3.05, 3.63) is 29.8 Å². The van der Waals surface area contributed by atoms with Crippen molar-refractivity contribution in [2.75, 3.05) is 7.11 Å². The Morgan fingerprint density at radius 2 is 2.40 bits per heavy atom. The van der Waals surface area contributed by atoms with Crippen LogP contribution < -0.4 is 4.74 Å². The molecule has 1 aromatic rings. The summed E-state index contributed by atoms with van der Waals surface area (Å²) in [6, 6.07) is 8.28. The Kier molecular flexibility index (Phi) is 2.29. The van der Waals surface area contributed by atoms with Crippen LogP contribution >= 0.6 is 0 Å². The Morgan fingerprint density at radius 3 is 3.00 bits per heavy atom. The zero-order chi connectivity index (χ0) is 7.40. The molecule has 0 aromatic heterocycles. The molecule has 1 N–H and O–H groups in total. The molecule has 0 saturated carbocycles. The predicted octanol–water partition coefficient (Wildman–Crippen LogP) is 0.988. The summed E-state index contributed by atoms with van der Waals surface area (Å²) < 4.78 is 4.89. The van der Waals surface area contributed by atoms with Crippen molar-refractivity contribution in [2.24, 2.45) is 0 Å². The number of hydrogen-bond acceptors (Lipinski definition) is 2. The van der Waals surface area contributed by atoms with Gasteiger partial charge in [-0.05, 0) is 11.6 Å². The van der Waals surface area contributed by atoms with E-state index >= 15 is 0 Å². The van der Waals surface area contributed by atoms with Gasteiger partial charge in [0.2, 0.25) is 0 Å². The Labute approximate surface area is 60.1 Å². The van der Waals surface area contributed by atoms with E-state index < -0.39 is 0 Å². The van der Waals surface area contributed by atoms with Gasteiger partial charge in [0.1, 0.15) is 5.75 Å². The highest BCUT2D eigenvalue weighted by molar-refractivity contribution is 5.25. The quantitative estimate of drug-likeness (QED) is 0.658. The highest BCUT2D eigenvalue weighted by Crippen LogP contribution is 2.10. The minimum absolute atomic E-state index is 0.0111. The van der Waals surface area contributed by atoms with Gasteiger partial charge in [0.15, 0.2) is 0 Å². The van der Waals surface area contributed by atoms with Gasteiger partial charge in [0, 0.05) is 6.07 Å². The molecule has 2 nitrogen and oxygen atoms in total. The van der Waals surface area contributed by atoms with Gasteiger partial charge in [-0.15, -0.1) is 0 Å². The third-order valence-electron chi connectivity index (χ3n) is 1.22. The normalized spacial score (nSPS) is 9.40. The smallest absolute Gasteiger partial charge is 0.127 e. The van der Waals surface area contributed by atoms with E-state index in [1.165, 1.54) is 0 Å². The summed E-state index contributed by atoms with van der Waals surface area (Å²) >= 11 is 0. The summed E-state index contributed by atoms with van der Waals surface area (Å²) in [6.45, 7) is 0.0111. The van der Waals surface area contributed by atoms with E-state index in [-0.39, 0.29) is 6.61 Å². The molecule has 53 valence electrons. The lowest BCUT2D eigenvalue weighted by atomic mass is 10.2. The van der Waals surface area contributed by atoms with Crippen LogP contribution in [0.2, 0.25) is 0 Å². The lowest BCUT2D eigenvalue weighted by Crippen LogP contribution is -1.86. The first-order chi connectivity index (χ1) is 4.86. The second-order valence-corrected chi connectivity index (χ2v) is 1.90. The van der Waals surface area contributed by atoms with E-state index in [1.54, 1.807) is 19.2 Å². The van der Waals surface area contributed by atoms with Gasteiger partial charge in [-0.1, -0.05) is 12.1 Å². The highest BCUT2D eigenvalue weighted by atomic mass is 16.5. The second-order valence-electron chi connectivity index (χ2n) is 1.90. The van der Waals surface area contributed by atoms with Gasteiger partial charge in [0.25, 0.3) is 0 Å². The average Bonchev–Trinajstić information content (AvgIpc) is 2.05. The molecule has 1 aromatic carbocycles. The SMILES string of the molecule is COc1[c]c(CO)ccc1. The fourth-order valence-corrected chi connectivity index (χ4v) is 0.705. The lowest BCUT2D eigenvalue weighted by molar-refractivity contribution is 0.280. The number of methoxy groups -OCH3 is 1. The van der Waals surface area contributed by atoms with Crippen LogP contribution in [0, 0.1) is 6.07 Å². The van der Waals surface area contributed by atoms with Crippen molar-refractivity contribution in [3.63, 3.8) is 0 Å². The summed E-state index contributed by atoms with van der Waals surface area (Å²) in [5.74, 6) is 0.659. The molecule has 1 radical (unpaired) electrons. The third kappa shape index (κ3) is 1.48. The molecular weight excluding hydrogens is 128 g/mol. The largest absolute Gasteiger partial charge is 0.496 e. The number of ether oxygens (including phenoxy) is 1. The number of aliphatic hydroxyl groups excluding tert-OH is 1. The van der Waals surface area contributed by atoms with Crippen molar-refractivity contribution in [3.8, 4) is 5.75 Å². The fourth-order valence-electron chi connectivity index (χ4n) is 0.705. The lowest BCUT2D eigenvalue weighted by Gasteiger charge is -1.99. The van der Waals surface area contributed by atoms with Gasteiger partial charge >= 0.3 is 0 Å². The fraction of sp³-hybridized carbons (Fsp3) is 0.250. The van der Waals surface area contributed by atoms with E-state index in [0.717, 1.165) is 5.56 Å². The van der Waals surface area contributed by atoms with Crippen molar-refractivity contribution < 1.29 is 9.84 Å². The van der Waals surface area contributed by atoms with E-state index in [1.807, 2.05) is 6.07 Å². The zero-order valence-electron chi connectivity index (χ0n) is 5.79. The minimum Gasteiger partial charge on any atom is -0.496 e. The maximum absolute atomic E-state index is 8.67. The molecule has 0 heterocycles. The third-order valence-corrected chi connectivity index (χ3v) is 1.22. The van der Waals surface area contributed by atoms with Gasteiger partial charge in [-0.2, -0.15) is 0 Å². The van der Waals surface area contributed by atoms with Crippen LogP contribution in [0.3, 0.4) is 0 Å². The number of aliphatic hydroxyl groups is 1. The Hall–Kier alpha value is -1.02. The molecule has 0 saturated heterocycles. The standard InChI is InChI=1S/C8H9O2/c1-10-8-4-2-3-7(5-8)6-9/h2-4,9H,6H2,1H3. The van der Waals surface area contributed by atoms with Crippen LogP contribution in [-0.4, -0.2) is 12.2 Å². The van der Waals surface area contributed by atoms with Crippen LogP contribution in [-0.2, 0) is 6.61 Å². The summed E-state index contributed by atoms with van der Waals surface area (Å²) in [7, 11) is 1.58. The zero-order valence-corrected chi connectivity index (χ0v) is 5.79. The molecule has 2 heteroatoms. The molecule has 0 amide bonds. The van der Waals surface area contributed by atoms with Gasteiger partial charge in [-0.25, -0.2) is 0 Å². The van der Waals surface area contributed by atoms with Crippen molar-refractivity contribution in [2.45, 2.75) is 6.61 Å². The molecule has 0 aliphatic carbocycles. The molecule has 0 atom stereocenters. The summed E-state index contributed by atoms with van der Waals surface area (Å²) in [5, 5.41) is 8.67. The van der Waals surface area contributed by atoms with Crippen LogP contribution in [0.25, 0.3) is 0 Å². The first-order valence-electron chi connectivity index (χ1n) is 3.03.